The van der Waals surface area contributed by atoms with Crippen molar-refractivity contribution in [1.29, 1.82) is 0 Å². The van der Waals surface area contributed by atoms with Crippen molar-refractivity contribution < 1.29 is 20.4 Å². The van der Waals surface area contributed by atoms with Gasteiger partial charge in [-0.2, -0.15) is 0 Å². The van der Waals surface area contributed by atoms with Crippen LogP contribution in [0.25, 0.3) is 0 Å². The lowest BCUT2D eigenvalue weighted by Crippen LogP contribution is -2.35. The van der Waals surface area contributed by atoms with Crippen LogP contribution in [0, 0.1) is 11.8 Å². The van der Waals surface area contributed by atoms with Crippen LogP contribution in [0.1, 0.15) is 32.3 Å². The molecule has 0 amide bonds. The topological polar surface area (TPSA) is 80.9 Å². The average Bonchev–Trinajstić information content (AvgIpc) is 2.35. The molecule has 108 valence electrons. The van der Waals surface area contributed by atoms with Crippen molar-refractivity contribution in [1.82, 2.24) is 0 Å². The predicted molar refractivity (Wildman–Crippen MR) is 77.3 cm³/mol. The van der Waals surface area contributed by atoms with E-state index in [2.05, 4.69) is 18.4 Å². The first-order valence-electron chi connectivity index (χ1n) is 6.32. The summed E-state index contributed by atoms with van der Waals surface area (Å²) in [7, 11) is 0. The van der Waals surface area contributed by atoms with Gasteiger partial charge in [-0.25, -0.2) is 0 Å². The molecule has 4 N–H and O–H groups in total. The highest BCUT2D eigenvalue weighted by Crippen LogP contribution is 2.21. The van der Waals surface area contributed by atoms with Crippen molar-refractivity contribution in [2.75, 3.05) is 0 Å². The first-order chi connectivity index (χ1) is 9.20. The minimum absolute atomic E-state index is 0.0142. The van der Waals surface area contributed by atoms with E-state index in [0.29, 0.717) is 24.0 Å². The second-order valence-electron chi connectivity index (χ2n) is 5.26. The maximum atomic E-state index is 9.69. The van der Waals surface area contributed by atoms with Crippen molar-refractivity contribution in [2.45, 2.75) is 38.4 Å². The molecule has 1 atom stereocenters. The van der Waals surface area contributed by atoms with E-state index in [1.807, 2.05) is 0 Å². The van der Waals surface area contributed by atoms with Crippen LogP contribution in [-0.4, -0.2) is 32.1 Å². The molecule has 0 heterocycles. The molecule has 20 heavy (non-hydrogen) atoms. The van der Waals surface area contributed by atoms with E-state index in [1.54, 1.807) is 0 Å². The number of phenols is 2. The van der Waals surface area contributed by atoms with Gasteiger partial charge in [0, 0.05) is 0 Å². The molecule has 0 bridgehead atoms. The van der Waals surface area contributed by atoms with Gasteiger partial charge >= 0.3 is 0 Å². The molecule has 0 aromatic heterocycles. The van der Waals surface area contributed by atoms with Gasteiger partial charge in [0.05, 0.1) is 17.3 Å². The van der Waals surface area contributed by atoms with Gasteiger partial charge in [-0.15, -0.1) is 0 Å². The second kappa shape index (κ2) is 6.47. The van der Waals surface area contributed by atoms with Gasteiger partial charge in [-0.05, 0) is 50.5 Å². The molecular formula is C16H20O4. The standard InChI is InChI=1S/C16H20O4/c1-11(5-9-15(19)16(2,3)20)4-6-12-10-13(17)7-8-14(12)18/h7-8,10,15,17-20H,1,5,9H2,2-3H3. The molecule has 0 spiro atoms. The zero-order valence-electron chi connectivity index (χ0n) is 11.7. The van der Waals surface area contributed by atoms with Crippen LogP contribution in [0.15, 0.2) is 30.4 Å². The first-order valence-corrected chi connectivity index (χ1v) is 6.32. The number of benzene rings is 1. The Bertz CT molecular complexity index is 544. The van der Waals surface area contributed by atoms with Gasteiger partial charge in [0.25, 0.3) is 0 Å². The van der Waals surface area contributed by atoms with Gasteiger partial charge in [0.15, 0.2) is 0 Å². The normalized spacial score (nSPS) is 12.4. The summed E-state index contributed by atoms with van der Waals surface area (Å²) in [6.07, 6.45) is -0.0592. The molecule has 0 aliphatic heterocycles. The maximum Gasteiger partial charge on any atom is 0.131 e. The third-order valence-electron chi connectivity index (χ3n) is 2.89. The summed E-state index contributed by atoms with van der Waals surface area (Å²) >= 11 is 0. The van der Waals surface area contributed by atoms with Gasteiger partial charge < -0.3 is 20.4 Å². The summed E-state index contributed by atoms with van der Waals surface area (Å²) < 4.78 is 0. The molecule has 0 aliphatic rings. The molecule has 0 aliphatic carbocycles. The van der Waals surface area contributed by atoms with E-state index < -0.39 is 11.7 Å². The van der Waals surface area contributed by atoms with Gasteiger partial charge in [-0.1, -0.05) is 18.4 Å². The molecule has 0 saturated heterocycles. The third-order valence-corrected chi connectivity index (χ3v) is 2.89. The van der Waals surface area contributed by atoms with E-state index in [4.69, 9.17) is 0 Å². The summed E-state index contributed by atoms with van der Waals surface area (Å²) in [4.78, 5) is 0. The van der Waals surface area contributed by atoms with E-state index >= 15 is 0 Å². The van der Waals surface area contributed by atoms with Crippen molar-refractivity contribution in [3.63, 3.8) is 0 Å². The van der Waals surface area contributed by atoms with Crippen LogP contribution in [0.4, 0.5) is 0 Å². The van der Waals surface area contributed by atoms with Crippen molar-refractivity contribution in [3.05, 3.63) is 35.9 Å². The molecular weight excluding hydrogens is 256 g/mol. The fourth-order valence-corrected chi connectivity index (χ4v) is 1.51. The number of rotatable bonds is 4. The number of aromatic hydroxyl groups is 2. The molecule has 4 heteroatoms. The Hall–Kier alpha value is -1.96. The van der Waals surface area contributed by atoms with Crippen LogP contribution in [0.2, 0.25) is 0 Å². The van der Waals surface area contributed by atoms with Gasteiger partial charge in [0.1, 0.15) is 11.5 Å². The van der Waals surface area contributed by atoms with Crippen LogP contribution < -0.4 is 0 Å². The molecule has 1 aromatic rings. The number of phenolic OH excluding ortho intramolecular Hbond substituents is 2. The zero-order valence-corrected chi connectivity index (χ0v) is 11.7. The smallest absolute Gasteiger partial charge is 0.131 e. The molecule has 0 fully saturated rings. The number of aliphatic hydroxyl groups excluding tert-OH is 1. The second-order valence-corrected chi connectivity index (χ2v) is 5.26. The van der Waals surface area contributed by atoms with Gasteiger partial charge in [-0.3, -0.25) is 0 Å². The van der Waals surface area contributed by atoms with Crippen molar-refractivity contribution in [2.24, 2.45) is 0 Å². The van der Waals surface area contributed by atoms with Crippen LogP contribution in [0.5, 0.6) is 11.5 Å². The predicted octanol–water partition coefficient (Wildman–Crippen LogP) is 1.92. The van der Waals surface area contributed by atoms with Crippen LogP contribution >= 0.6 is 0 Å². The summed E-state index contributed by atoms with van der Waals surface area (Å²) in [6.45, 7) is 6.84. The summed E-state index contributed by atoms with van der Waals surface area (Å²) in [5, 5.41) is 38.1. The van der Waals surface area contributed by atoms with E-state index in [9.17, 15) is 20.4 Å². The van der Waals surface area contributed by atoms with Crippen LogP contribution in [-0.2, 0) is 0 Å². The Morgan fingerprint density at radius 3 is 2.60 bits per heavy atom. The highest BCUT2D eigenvalue weighted by Gasteiger charge is 2.23. The number of allylic oxidation sites excluding steroid dienone is 1. The van der Waals surface area contributed by atoms with E-state index in [0.717, 1.165) is 0 Å². The molecule has 1 unspecified atom stereocenters. The lowest BCUT2D eigenvalue weighted by atomic mass is 9.96. The lowest BCUT2D eigenvalue weighted by molar-refractivity contribution is -0.0508. The molecule has 0 saturated carbocycles. The van der Waals surface area contributed by atoms with Crippen molar-refractivity contribution >= 4 is 0 Å². The summed E-state index contributed by atoms with van der Waals surface area (Å²) in [6, 6.07) is 4.09. The first kappa shape index (κ1) is 16.1. The fraction of sp³-hybridized carbons (Fsp3) is 0.375. The maximum absolute atomic E-state index is 9.69. The Kier molecular flexibility index (Phi) is 5.20. The average molecular weight is 276 g/mol. The highest BCUT2D eigenvalue weighted by molar-refractivity contribution is 5.50. The molecule has 1 aromatic carbocycles. The Morgan fingerprint density at radius 2 is 2.00 bits per heavy atom. The van der Waals surface area contributed by atoms with E-state index in [1.165, 1.54) is 32.0 Å². The zero-order chi connectivity index (χ0) is 15.3. The Morgan fingerprint density at radius 1 is 1.35 bits per heavy atom. The molecule has 4 nitrogen and oxygen atoms in total. The van der Waals surface area contributed by atoms with Crippen molar-refractivity contribution in [3.8, 4) is 23.3 Å². The summed E-state index contributed by atoms with van der Waals surface area (Å²) in [5.41, 5.74) is -0.262. The summed E-state index contributed by atoms with van der Waals surface area (Å²) in [5.74, 6) is 5.49. The molecule has 1 rings (SSSR count). The lowest BCUT2D eigenvalue weighted by Gasteiger charge is -2.24. The quantitative estimate of drug-likeness (QED) is 0.500. The SMILES string of the molecule is C=C(C#Cc1cc(O)ccc1O)CCC(O)C(C)(C)O. The monoisotopic (exact) mass is 276 g/mol. The van der Waals surface area contributed by atoms with Crippen LogP contribution in [0.3, 0.4) is 0 Å². The minimum atomic E-state index is -1.16. The number of hydrogen-bond donors (Lipinski definition) is 4. The molecule has 0 radical (unpaired) electrons. The number of hydrogen-bond acceptors (Lipinski definition) is 4. The van der Waals surface area contributed by atoms with E-state index in [-0.39, 0.29) is 11.5 Å². The fourth-order valence-electron chi connectivity index (χ4n) is 1.51. The third kappa shape index (κ3) is 4.96. The highest BCUT2D eigenvalue weighted by atomic mass is 16.3. The Labute approximate surface area is 119 Å². The largest absolute Gasteiger partial charge is 0.508 e. The van der Waals surface area contributed by atoms with Gasteiger partial charge in [0.2, 0.25) is 0 Å². The number of aliphatic hydroxyl groups is 2. The Balaban J connectivity index is 2.64. The minimum Gasteiger partial charge on any atom is -0.508 e.